The number of aliphatic hydroxyl groups is 1. The van der Waals surface area contributed by atoms with Gasteiger partial charge in [-0.1, -0.05) is 18.7 Å². The van der Waals surface area contributed by atoms with Gasteiger partial charge in [0.2, 0.25) is 0 Å². The Bertz CT molecular complexity index is 586. The number of fused-ring (bicyclic) bond motifs is 3. The maximum atomic E-state index is 12.1. The highest BCUT2D eigenvalue weighted by atomic mass is 35.5. The molecule has 1 aliphatic heterocycles. The van der Waals surface area contributed by atoms with Crippen molar-refractivity contribution in [3.8, 4) is 0 Å². The van der Waals surface area contributed by atoms with E-state index in [1.165, 1.54) is 6.92 Å². The Balaban J connectivity index is 1.95. The highest BCUT2D eigenvalue weighted by Crippen LogP contribution is 2.53. The van der Waals surface area contributed by atoms with Gasteiger partial charge in [-0.05, 0) is 30.8 Å². The number of alkyl halides is 1. The number of hydrogen-bond acceptors (Lipinski definition) is 5. The van der Waals surface area contributed by atoms with Crippen molar-refractivity contribution in [3.63, 3.8) is 0 Å². The van der Waals surface area contributed by atoms with Gasteiger partial charge < -0.3 is 14.6 Å². The molecule has 6 unspecified atom stereocenters. The van der Waals surface area contributed by atoms with Crippen LogP contribution in [0.3, 0.4) is 0 Å². The summed E-state index contributed by atoms with van der Waals surface area (Å²) in [5, 5.41) is 10.6. The van der Waals surface area contributed by atoms with Gasteiger partial charge in [0.25, 0.3) is 0 Å². The number of carbonyl (C=O) groups is 2. The first kappa shape index (κ1) is 16.5. The van der Waals surface area contributed by atoms with Crippen LogP contribution in [0, 0.1) is 17.8 Å². The second-order valence-electron chi connectivity index (χ2n) is 6.77. The van der Waals surface area contributed by atoms with E-state index in [0.29, 0.717) is 19.3 Å². The molecule has 6 atom stereocenters. The second kappa shape index (κ2) is 5.64. The van der Waals surface area contributed by atoms with E-state index >= 15 is 0 Å². The maximum Gasteiger partial charge on any atom is 0.340 e. The van der Waals surface area contributed by atoms with E-state index in [0.717, 1.165) is 11.1 Å². The van der Waals surface area contributed by atoms with Crippen molar-refractivity contribution in [2.24, 2.45) is 17.8 Å². The summed E-state index contributed by atoms with van der Waals surface area (Å²) in [7, 11) is 0. The van der Waals surface area contributed by atoms with Gasteiger partial charge in [-0.15, -0.1) is 11.6 Å². The molecule has 0 aromatic rings. The van der Waals surface area contributed by atoms with Crippen LogP contribution in [0.15, 0.2) is 24.3 Å². The third-order valence-electron chi connectivity index (χ3n) is 5.52. The smallest absolute Gasteiger partial charge is 0.340 e. The van der Waals surface area contributed by atoms with Gasteiger partial charge in [-0.25, -0.2) is 4.79 Å². The SMILES string of the molecule is C=C1CCC2C(OC(=O)C2(O)CCl)C2C(=C)C(OC(C)=O)CC12. The Morgan fingerprint density at radius 3 is 2.83 bits per heavy atom. The fourth-order valence-corrected chi connectivity index (χ4v) is 4.63. The summed E-state index contributed by atoms with van der Waals surface area (Å²) in [6.07, 6.45) is 0.974. The first-order valence-corrected chi connectivity index (χ1v) is 8.36. The van der Waals surface area contributed by atoms with Crippen LogP contribution in [0.2, 0.25) is 0 Å². The molecular weight excluding hydrogens is 320 g/mol. The van der Waals surface area contributed by atoms with Crippen LogP contribution < -0.4 is 0 Å². The molecular formula is C17H21ClO5. The zero-order valence-corrected chi connectivity index (χ0v) is 13.8. The van der Waals surface area contributed by atoms with E-state index in [-0.39, 0.29) is 23.7 Å². The predicted octanol–water partition coefficient (Wildman–Crippen LogP) is 1.97. The number of hydrogen-bond donors (Lipinski definition) is 1. The van der Waals surface area contributed by atoms with Crippen molar-refractivity contribution in [1.82, 2.24) is 0 Å². The van der Waals surface area contributed by atoms with Crippen molar-refractivity contribution in [2.75, 3.05) is 5.88 Å². The zero-order chi connectivity index (χ0) is 16.9. The Hall–Kier alpha value is -1.33. The summed E-state index contributed by atoms with van der Waals surface area (Å²) in [5.41, 5.74) is 0.0873. The van der Waals surface area contributed by atoms with E-state index in [1.54, 1.807) is 0 Å². The molecule has 0 bridgehead atoms. The average Bonchev–Trinajstić information content (AvgIpc) is 2.87. The lowest BCUT2D eigenvalue weighted by atomic mass is 9.78. The minimum Gasteiger partial charge on any atom is -0.459 e. The first-order valence-electron chi connectivity index (χ1n) is 7.82. The number of ether oxygens (including phenoxy) is 2. The molecule has 0 spiro atoms. The molecule has 2 saturated carbocycles. The maximum absolute atomic E-state index is 12.1. The fourth-order valence-electron chi connectivity index (χ4n) is 4.32. The van der Waals surface area contributed by atoms with Crippen LogP contribution in [-0.2, 0) is 19.1 Å². The van der Waals surface area contributed by atoms with Crippen LogP contribution in [-0.4, -0.2) is 40.7 Å². The quantitative estimate of drug-likeness (QED) is 0.472. The Labute approximate surface area is 140 Å². The van der Waals surface area contributed by atoms with E-state index in [9.17, 15) is 14.7 Å². The van der Waals surface area contributed by atoms with Gasteiger partial charge in [0.1, 0.15) is 12.2 Å². The van der Waals surface area contributed by atoms with E-state index in [2.05, 4.69) is 13.2 Å². The molecule has 3 aliphatic rings. The molecule has 0 aromatic heterocycles. The number of esters is 2. The van der Waals surface area contributed by atoms with Crippen LogP contribution in [0.5, 0.6) is 0 Å². The molecule has 3 fully saturated rings. The molecule has 1 saturated heterocycles. The minimum atomic E-state index is -1.67. The van der Waals surface area contributed by atoms with Crippen molar-refractivity contribution in [2.45, 2.75) is 44.0 Å². The molecule has 0 radical (unpaired) electrons. The summed E-state index contributed by atoms with van der Waals surface area (Å²) < 4.78 is 10.9. The van der Waals surface area contributed by atoms with E-state index < -0.39 is 29.7 Å². The molecule has 2 aliphatic carbocycles. The largest absolute Gasteiger partial charge is 0.459 e. The van der Waals surface area contributed by atoms with Crippen LogP contribution in [0.1, 0.15) is 26.2 Å². The summed E-state index contributed by atoms with van der Waals surface area (Å²) in [5.74, 6) is -1.79. The molecule has 1 N–H and O–H groups in total. The monoisotopic (exact) mass is 340 g/mol. The van der Waals surface area contributed by atoms with Gasteiger partial charge >= 0.3 is 11.9 Å². The molecule has 6 heteroatoms. The number of carbonyl (C=O) groups excluding carboxylic acids is 2. The van der Waals surface area contributed by atoms with Gasteiger partial charge in [-0.3, -0.25) is 4.79 Å². The van der Waals surface area contributed by atoms with Crippen molar-refractivity contribution in [1.29, 1.82) is 0 Å². The molecule has 0 aromatic carbocycles. The van der Waals surface area contributed by atoms with Crippen LogP contribution in [0.25, 0.3) is 0 Å². The molecule has 5 nitrogen and oxygen atoms in total. The summed E-state index contributed by atoms with van der Waals surface area (Å²) >= 11 is 5.87. The van der Waals surface area contributed by atoms with E-state index in [1.807, 2.05) is 0 Å². The predicted molar refractivity (Wildman–Crippen MR) is 83.7 cm³/mol. The number of rotatable bonds is 2. The van der Waals surface area contributed by atoms with Crippen molar-refractivity contribution in [3.05, 3.63) is 24.3 Å². The highest BCUT2D eigenvalue weighted by Gasteiger charge is 2.62. The second-order valence-corrected chi connectivity index (χ2v) is 7.04. The van der Waals surface area contributed by atoms with Crippen LogP contribution in [0.4, 0.5) is 0 Å². The van der Waals surface area contributed by atoms with Crippen molar-refractivity contribution < 1.29 is 24.2 Å². The highest BCUT2D eigenvalue weighted by molar-refractivity contribution is 6.20. The zero-order valence-electron chi connectivity index (χ0n) is 13.1. The van der Waals surface area contributed by atoms with Gasteiger partial charge in [0.05, 0.1) is 5.88 Å². The van der Waals surface area contributed by atoms with Crippen molar-refractivity contribution >= 4 is 23.5 Å². The normalized spacial score (nSPS) is 42.7. The number of halogens is 1. The molecule has 23 heavy (non-hydrogen) atoms. The lowest BCUT2D eigenvalue weighted by Crippen LogP contribution is -2.44. The number of allylic oxidation sites excluding steroid dienone is 1. The van der Waals surface area contributed by atoms with Gasteiger partial charge in [0.15, 0.2) is 5.60 Å². The standard InChI is InChI=1S/C17H21ClO5/c1-8-4-5-12-15(23-16(20)17(12,21)7-18)14-9(2)13(6-11(8)14)22-10(3)19/h11-15,21H,1-2,4-7H2,3H3. The molecule has 3 rings (SSSR count). The minimum absolute atomic E-state index is 0.0346. The summed E-state index contributed by atoms with van der Waals surface area (Å²) in [6.45, 7) is 9.59. The lowest BCUT2D eigenvalue weighted by Gasteiger charge is -2.28. The molecule has 126 valence electrons. The third-order valence-corrected chi connectivity index (χ3v) is 5.92. The van der Waals surface area contributed by atoms with Gasteiger partial charge in [0, 0.05) is 18.8 Å². The fraction of sp³-hybridized carbons (Fsp3) is 0.647. The summed E-state index contributed by atoms with van der Waals surface area (Å²) in [6, 6.07) is 0. The van der Waals surface area contributed by atoms with Crippen LogP contribution >= 0.6 is 11.6 Å². The molecule has 1 heterocycles. The Kier molecular flexibility index (Phi) is 4.05. The van der Waals surface area contributed by atoms with E-state index in [4.69, 9.17) is 21.1 Å². The first-order chi connectivity index (χ1) is 10.8. The Morgan fingerprint density at radius 1 is 1.52 bits per heavy atom. The third kappa shape index (κ3) is 2.41. The topological polar surface area (TPSA) is 72.8 Å². The molecule has 0 amide bonds. The van der Waals surface area contributed by atoms with Gasteiger partial charge in [-0.2, -0.15) is 0 Å². The lowest BCUT2D eigenvalue weighted by molar-refractivity contribution is -0.154. The summed E-state index contributed by atoms with van der Waals surface area (Å²) in [4.78, 5) is 23.4. The average molecular weight is 341 g/mol. The Morgan fingerprint density at radius 2 is 2.22 bits per heavy atom.